The number of hydrogen-bond donors (Lipinski definition) is 4. The molecule has 0 aliphatic carbocycles. The molecular formula is C16H28N2O8S3. The lowest BCUT2D eigenvalue weighted by Crippen LogP contribution is -2.46. The van der Waals surface area contributed by atoms with E-state index in [9.17, 15) is 14.4 Å². The molecule has 29 heavy (non-hydrogen) atoms. The number of carbonyl (C=O) groups is 3. The van der Waals surface area contributed by atoms with E-state index in [0.29, 0.717) is 0 Å². The van der Waals surface area contributed by atoms with Crippen molar-refractivity contribution in [2.24, 2.45) is 0 Å². The molecule has 0 aliphatic heterocycles. The summed E-state index contributed by atoms with van der Waals surface area (Å²) in [5.74, 6) is -1.47. The largest absolute Gasteiger partial charge is 0.462 e. The lowest BCUT2D eigenvalue weighted by molar-refractivity contribution is -0.148. The zero-order valence-electron chi connectivity index (χ0n) is 16.4. The van der Waals surface area contributed by atoms with E-state index in [2.05, 4.69) is 35.9 Å². The van der Waals surface area contributed by atoms with Gasteiger partial charge in [-0.3, -0.25) is 4.79 Å². The van der Waals surface area contributed by atoms with Crippen molar-refractivity contribution in [3.8, 4) is 0 Å². The van der Waals surface area contributed by atoms with E-state index in [1.54, 1.807) is 0 Å². The van der Waals surface area contributed by atoms with Crippen molar-refractivity contribution in [1.82, 2.24) is 10.6 Å². The normalized spacial score (nSPS) is 12.6. The summed E-state index contributed by atoms with van der Waals surface area (Å²) in [4.78, 5) is 35.8. The van der Waals surface area contributed by atoms with Gasteiger partial charge in [-0.15, -0.1) is 0 Å². The highest BCUT2D eigenvalue weighted by atomic mass is 32.1. The predicted octanol–water partition coefficient (Wildman–Crippen LogP) is -0.988. The van der Waals surface area contributed by atoms with Crippen molar-refractivity contribution < 1.29 is 38.1 Å². The molecule has 0 spiro atoms. The summed E-state index contributed by atoms with van der Waals surface area (Å²) in [6.07, 6.45) is 0. The van der Waals surface area contributed by atoms with Gasteiger partial charge >= 0.3 is 11.9 Å². The Morgan fingerprint density at radius 1 is 0.828 bits per heavy atom. The average Bonchev–Trinajstić information content (AvgIpc) is 2.70. The number of nitrogens with one attached hydrogen (secondary N) is 2. The highest BCUT2D eigenvalue weighted by Crippen LogP contribution is 1.96. The Kier molecular flexibility index (Phi) is 17.0. The molecular weight excluding hydrogens is 444 g/mol. The minimum absolute atomic E-state index is 0.0618. The van der Waals surface area contributed by atoms with Gasteiger partial charge in [0.15, 0.2) is 0 Å². The second kappa shape index (κ2) is 17.7. The van der Waals surface area contributed by atoms with Gasteiger partial charge in [-0.05, 0) is 0 Å². The van der Waals surface area contributed by atoms with Gasteiger partial charge in [-0.1, -0.05) is 12.2 Å². The molecule has 2 N–H and O–H groups in total. The molecule has 168 valence electrons. The number of methoxy groups -OCH3 is 2. The molecule has 13 heteroatoms. The number of ether oxygens (including phenoxy) is 5. The maximum atomic E-state index is 11.9. The molecule has 0 fully saturated rings. The van der Waals surface area contributed by atoms with Crippen LogP contribution in [0.25, 0.3) is 0 Å². The Bertz CT molecular complexity index is 480. The molecule has 2 unspecified atom stereocenters. The van der Waals surface area contributed by atoms with E-state index in [-0.39, 0.29) is 56.1 Å². The van der Waals surface area contributed by atoms with Crippen LogP contribution in [0, 0.1) is 0 Å². The molecule has 0 aromatic rings. The first kappa shape index (κ1) is 27.9. The first-order valence-electron chi connectivity index (χ1n) is 8.58. The Hall–Kier alpha value is -1.12. The van der Waals surface area contributed by atoms with Crippen LogP contribution in [0.1, 0.15) is 0 Å². The zero-order valence-corrected chi connectivity index (χ0v) is 19.0. The Balaban J connectivity index is 4.21. The fourth-order valence-corrected chi connectivity index (χ4v) is 2.43. The van der Waals surface area contributed by atoms with E-state index >= 15 is 0 Å². The lowest BCUT2D eigenvalue weighted by Gasteiger charge is -2.18. The van der Waals surface area contributed by atoms with E-state index in [1.807, 2.05) is 0 Å². The second-order valence-electron chi connectivity index (χ2n) is 5.42. The van der Waals surface area contributed by atoms with Crippen LogP contribution in [0.2, 0.25) is 0 Å². The van der Waals surface area contributed by atoms with Crippen molar-refractivity contribution in [3.05, 3.63) is 0 Å². The van der Waals surface area contributed by atoms with Gasteiger partial charge in [0, 0.05) is 25.7 Å². The van der Waals surface area contributed by atoms with Crippen molar-refractivity contribution in [1.29, 1.82) is 0 Å². The molecule has 0 aliphatic rings. The van der Waals surface area contributed by atoms with Crippen molar-refractivity contribution in [2.45, 2.75) is 12.1 Å². The Labute approximate surface area is 186 Å². The standard InChI is InChI=1S/C16H28N2O8S3/c1-22-3-5-25-15(20)11(9-27)17-13(19)7-24-8-14(29)18-12(10-28)16(21)26-6-4-23-2/h11-12,27-28H,3-10H2,1-2H3,(H,17,19)(H,18,29). The lowest BCUT2D eigenvalue weighted by atomic mass is 10.3. The zero-order chi connectivity index (χ0) is 22.1. The summed E-state index contributed by atoms with van der Waals surface area (Å²) in [5, 5.41) is 5.20. The monoisotopic (exact) mass is 472 g/mol. The third-order valence-corrected chi connectivity index (χ3v) is 4.10. The molecule has 0 bridgehead atoms. The SMILES string of the molecule is COCCOC(=O)C(CS)NC(=O)COCC(=S)NC(CS)C(=O)OCCOC. The van der Waals surface area contributed by atoms with Crippen LogP contribution in [0.15, 0.2) is 0 Å². The van der Waals surface area contributed by atoms with Gasteiger partial charge in [0.1, 0.15) is 36.9 Å². The molecule has 2 atom stereocenters. The van der Waals surface area contributed by atoms with E-state index in [0.717, 1.165) is 0 Å². The molecule has 0 aromatic carbocycles. The second-order valence-corrected chi connectivity index (χ2v) is 6.64. The van der Waals surface area contributed by atoms with Crippen LogP contribution in [-0.2, 0) is 38.1 Å². The Morgan fingerprint density at radius 2 is 1.31 bits per heavy atom. The maximum Gasteiger partial charge on any atom is 0.329 e. The first-order valence-corrected chi connectivity index (χ1v) is 10.3. The fraction of sp³-hybridized carbons (Fsp3) is 0.750. The van der Waals surface area contributed by atoms with Crippen LogP contribution >= 0.6 is 37.5 Å². The number of thiol groups is 2. The van der Waals surface area contributed by atoms with E-state index in [1.165, 1.54) is 14.2 Å². The van der Waals surface area contributed by atoms with Crippen LogP contribution in [0.4, 0.5) is 0 Å². The minimum atomic E-state index is -0.910. The topological polar surface area (TPSA) is 121 Å². The Morgan fingerprint density at radius 3 is 1.76 bits per heavy atom. The summed E-state index contributed by atoms with van der Waals surface area (Å²) in [5.41, 5.74) is 0. The van der Waals surface area contributed by atoms with Crippen LogP contribution in [0.5, 0.6) is 0 Å². The third-order valence-electron chi connectivity index (χ3n) is 3.13. The van der Waals surface area contributed by atoms with E-state index < -0.39 is 29.9 Å². The van der Waals surface area contributed by atoms with Crippen LogP contribution in [-0.4, -0.2) is 100 Å². The number of amides is 1. The average molecular weight is 473 g/mol. The summed E-state index contributed by atoms with van der Waals surface area (Å²) in [6.45, 7) is 0.265. The third kappa shape index (κ3) is 13.7. The summed E-state index contributed by atoms with van der Waals surface area (Å²) >= 11 is 13.2. The van der Waals surface area contributed by atoms with Crippen molar-refractivity contribution >= 4 is 60.3 Å². The molecule has 0 aromatic heterocycles. The molecule has 0 rings (SSSR count). The summed E-state index contributed by atoms with van der Waals surface area (Å²) in [7, 11) is 2.97. The first-order chi connectivity index (χ1) is 13.9. The van der Waals surface area contributed by atoms with Crippen molar-refractivity contribution in [2.75, 3.05) is 65.4 Å². The van der Waals surface area contributed by atoms with Gasteiger partial charge in [-0.25, -0.2) is 9.59 Å². The molecule has 10 nitrogen and oxygen atoms in total. The molecule has 0 saturated carbocycles. The number of hydrogen-bond acceptors (Lipinski definition) is 11. The van der Waals surface area contributed by atoms with Crippen LogP contribution in [0.3, 0.4) is 0 Å². The summed E-state index contributed by atoms with van der Waals surface area (Å²) in [6, 6.07) is -1.66. The van der Waals surface area contributed by atoms with Crippen LogP contribution < -0.4 is 10.6 Å². The fourth-order valence-electron chi connectivity index (χ4n) is 1.72. The maximum absolute atomic E-state index is 11.9. The molecule has 0 saturated heterocycles. The minimum Gasteiger partial charge on any atom is -0.462 e. The smallest absolute Gasteiger partial charge is 0.329 e. The van der Waals surface area contributed by atoms with Gasteiger partial charge < -0.3 is 34.3 Å². The highest BCUT2D eigenvalue weighted by Gasteiger charge is 2.22. The molecule has 0 heterocycles. The van der Waals surface area contributed by atoms with Gasteiger partial charge in [0.2, 0.25) is 5.91 Å². The number of carbonyl (C=O) groups excluding carboxylic acids is 3. The number of rotatable bonds is 16. The molecule has 1 amide bonds. The summed E-state index contributed by atoms with van der Waals surface area (Å²) < 4.78 is 24.7. The van der Waals surface area contributed by atoms with Gasteiger partial charge in [0.25, 0.3) is 0 Å². The number of esters is 2. The van der Waals surface area contributed by atoms with Gasteiger partial charge in [0.05, 0.1) is 19.8 Å². The van der Waals surface area contributed by atoms with Gasteiger partial charge in [-0.2, -0.15) is 25.3 Å². The number of thiocarbonyl (C=S) groups is 1. The molecule has 0 radical (unpaired) electrons. The predicted molar refractivity (Wildman–Crippen MR) is 116 cm³/mol. The van der Waals surface area contributed by atoms with E-state index in [4.69, 9.17) is 35.9 Å². The quantitative estimate of drug-likeness (QED) is 0.0964. The highest BCUT2D eigenvalue weighted by molar-refractivity contribution is 7.80. The van der Waals surface area contributed by atoms with Crippen molar-refractivity contribution in [3.63, 3.8) is 0 Å².